The molecule has 0 atom stereocenters. The molecule has 1 heterocycles. The number of halogens is 1. The first-order valence-corrected chi connectivity index (χ1v) is 10.0. The van der Waals surface area contributed by atoms with Gasteiger partial charge in [0.25, 0.3) is 0 Å². The average Bonchev–Trinajstić information content (AvgIpc) is 2.67. The number of piperidine rings is 1. The van der Waals surface area contributed by atoms with Crippen molar-refractivity contribution in [2.75, 3.05) is 32.7 Å². The summed E-state index contributed by atoms with van der Waals surface area (Å²) in [6.45, 7) is 11.8. The Labute approximate surface area is 187 Å². The van der Waals surface area contributed by atoms with E-state index in [9.17, 15) is 4.79 Å². The first-order valence-electron chi connectivity index (χ1n) is 10.0. The van der Waals surface area contributed by atoms with Gasteiger partial charge in [-0.05, 0) is 46.1 Å². The van der Waals surface area contributed by atoms with Crippen molar-refractivity contribution in [1.29, 1.82) is 0 Å². The minimum absolute atomic E-state index is 0. The SMILES string of the molecule is CCNC(=O)C(C)(C)CN=C(NCC)N1CCC(=Cc2ccccc2)CC1.I. The summed E-state index contributed by atoms with van der Waals surface area (Å²) < 4.78 is 0. The van der Waals surface area contributed by atoms with Gasteiger partial charge in [0.05, 0.1) is 12.0 Å². The van der Waals surface area contributed by atoms with Crippen molar-refractivity contribution in [1.82, 2.24) is 15.5 Å². The van der Waals surface area contributed by atoms with E-state index in [1.54, 1.807) is 0 Å². The Kier molecular flexibility index (Phi) is 10.6. The number of likely N-dealkylation sites (tertiary alicyclic amines) is 1. The van der Waals surface area contributed by atoms with Gasteiger partial charge in [-0.15, -0.1) is 24.0 Å². The Bertz CT molecular complexity index is 660. The summed E-state index contributed by atoms with van der Waals surface area (Å²) in [6, 6.07) is 10.5. The molecule has 0 bridgehead atoms. The van der Waals surface area contributed by atoms with E-state index in [1.165, 1.54) is 11.1 Å². The molecule has 0 radical (unpaired) electrons. The van der Waals surface area contributed by atoms with Crippen LogP contribution < -0.4 is 10.6 Å². The van der Waals surface area contributed by atoms with Crippen LogP contribution in [0.1, 0.15) is 46.1 Å². The number of hydrogen-bond donors (Lipinski definition) is 2. The van der Waals surface area contributed by atoms with E-state index < -0.39 is 5.41 Å². The Morgan fingerprint density at radius 1 is 1.11 bits per heavy atom. The molecule has 2 rings (SSSR count). The third-order valence-corrected chi connectivity index (χ3v) is 4.79. The molecule has 0 aromatic heterocycles. The normalized spacial score (nSPS) is 14.9. The molecule has 1 amide bonds. The van der Waals surface area contributed by atoms with Gasteiger partial charge in [-0.2, -0.15) is 0 Å². The fourth-order valence-electron chi connectivity index (χ4n) is 3.11. The number of nitrogens with one attached hydrogen (secondary N) is 2. The molecule has 0 unspecified atom stereocenters. The molecule has 28 heavy (non-hydrogen) atoms. The Morgan fingerprint density at radius 3 is 2.29 bits per heavy atom. The van der Waals surface area contributed by atoms with E-state index in [0.29, 0.717) is 13.1 Å². The molecular formula is C22H35IN4O. The van der Waals surface area contributed by atoms with Crippen LogP contribution in [0.15, 0.2) is 40.9 Å². The summed E-state index contributed by atoms with van der Waals surface area (Å²) in [7, 11) is 0. The van der Waals surface area contributed by atoms with Crippen LogP contribution in [-0.4, -0.2) is 49.5 Å². The number of hydrogen-bond acceptors (Lipinski definition) is 2. The first-order chi connectivity index (χ1) is 13.0. The minimum Gasteiger partial charge on any atom is -0.357 e. The van der Waals surface area contributed by atoms with Gasteiger partial charge in [0.2, 0.25) is 5.91 Å². The highest BCUT2D eigenvalue weighted by molar-refractivity contribution is 14.0. The maximum Gasteiger partial charge on any atom is 0.227 e. The van der Waals surface area contributed by atoms with Crippen molar-refractivity contribution >= 4 is 41.9 Å². The van der Waals surface area contributed by atoms with Gasteiger partial charge >= 0.3 is 0 Å². The lowest BCUT2D eigenvalue weighted by atomic mass is 9.92. The molecular weight excluding hydrogens is 463 g/mol. The zero-order valence-corrected chi connectivity index (χ0v) is 20.0. The standard InChI is InChI=1S/C22H34N4O.HI/c1-5-23-20(27)22(3,4)17-25-21(24-6-2)26-14-12-19(13-15-26)16-18-10-8-7-9-11-18;/h7-11,16H,5-6,12-15,17H2,1-4H3,(H,23,27)(H,24,25);1H. The van der Waals surface area contributed by atoms with Crippen LogP contribution in [0.25, 0.3) is 6.08 Å². The zero-order chi connectivity index (χ0) is 19.7. The third kappa shape index (κ3) is 7.45. The lowest BCUT2D eigenvalue weighted by Crippen LogP contribution is -2.46. The zero-order valence-electron chi connectivity index (χ0n) is 17.6. The van der Waals surface area contributed by atoms with Crippen molar-refractivity contribution in [2.45, 2.75) is 40.5 Å². The van der Waals surface area contributed by atoms with E-state index in [2.05, 4.69) is 52.8 Å². The molecule has 1 aliphatic heterocycles. The summed E-state index contributed by atoms with van der Waals surface area (Å²) in [5.41, 5.74) is 2.24. The monoisotopic (exact) mass is 498 g/mol. The van der Waals surface area contributed by atoms with Crippen LogP contribution in [0.4, 0.5) is 0 Å². The number of carbonyl (C=O) groups is 1. The van der Waals surface area contributed by atoms with E-state index in [4.69, 9.17) is 4.99 Å². The number of benzene rings is 1. The predicted octanol–water partition coefficient (Wildman–Crippen LogP) is 3.91. The van der Waals surface area contributed by atoms with E-state index in [-0.39, 0.29) is 29.9 Å². The van der Waals surface area contributed by atoms with Crippen LogP contribution in [-0.2, 0) is 4.79 Å². The first kappa shape index (κ1) is 24.5. The summed E-state index contributed by atoms with van der Waals surface area (Å²) in [5.74, 6) is 0.963. The number of amides is 1. The number of carbonyl (C=O) groups excluding carboxylic acids is 1. The number of guanidine groups is 1. The van der Waals surface area contributed by atoms with Gasteiger partial charge < -0.3 is 15.5 Å². The van der Waals surface area contributed by atoms with Gasteiger partial charge in [0, 0.05) is 26.2 Å². The molecule has 0 spiro atoms. The summed E-state index contributed by atoms with van der Waals surface area (Å²) in [5, 5.41) is 6.29. The molecule has 5 nitrogen and oxygen atoms in total. The van der Waals surface area contributed by atoms with E-state index in [1.807, 2.05) is 26.8 Å². The van der Waals surface area contributed by atoms with Crippen molar-refractivity contribution in [2.24, 2.45) is 10.4 Å². The molecule has 0 aliphatic carbocycles. The summed E-state index contributed by atoms with van der Waals surface area (Å²) in [4.78, 5) is 19.3. The molecule has 1 aliphatic rings. The Morgan fingerprint density at radius 2 is 1.71 bits per heavy atom. The molecule has 1 fully saturated rings. The van der Waals surface area contributed by atoms with Crippen LogP contribution in [0.2, 0.25) is 0 Å². The van der Waals surface area contributed by atoms with Crippen molar-refractivity contribution < 1.29 is 4.79 Å². The quantitative estimate of drug-likeness (QED) is 0.355. The average molecular weight is 498 g/mol. The number of aliphatic imine (C=N–C) groups is 1. The maximum absolute atomic E-state index is 12.2. The number of nitrogens with zero attached hydrogens (tertiary/aromatic N) is 2. The fourth-order valence-corrected chi connectivity index (χ4v) is 3.11. The second kappa shape index (κ2) is 12.1. The summed E-state index contributed by atoms with van der Waals surface area (Å²) in [6.07, 6.45) is 4.39. The second-order valence-electron chi connectivity index (χ2n) is 7.61. The molecule has 0 saturated carbocycles. The van der Waals surface area contributed by atoms with Crippen LogP contribution in [0.5, 0.6) is 0 Å². The second-order valence-corrected chi connectivity index (χ2v) is 7.61. The molecule has 2 N–H and O–H groups in total. The largest absolute Gasteiger partial charge is 0.357 e. The summed E-state index contributed by atoms with van der Waals surface area (Å²) >= 11 is 0. The van der Waals surface area contributed by atoms with E-state index in [0.717, 1.165) is 38.4 Å². The van der Waals surface area contributed by atoms with Gasteiger partial charge in [-0.3, -0.25) is 9.79 Å². The van der Waals surface area contributed by atoms with E-state index >= 15 is 0 Å². The van der Waals surface area contributed by atoms with Crippen LogP contribution >= 0.6 is 24.0 Å². The van der Waals surface area contributed by atoms with Gasteiger partial charge in [-0.1, -0.05) is 42.0 Å². The molecule has 1 aromatic carbocycles. The lowest BCUT2D eigenvalue weighted by Gasteiger charge is -2.32. The fraction of sp³-hybridized carbons (Fsp3) is 0.545. The van der Waals surface area contributed by atoms with Gasteiger partial charge in [-0.25, -0.2) is 0 Å². The predicted molar refractivity (Wildman–Crippen MR) is 129 cm³/mol. The van der Waals surface area contributed by atoms with Crippen LogP contribution in [0, 0.1) is 5.41 Å². The Balaban J connectivity index is 0.00000392. The third-order valence-electron chi connectivity index (χ3n) is 4.79. The van der Waals surface area contributed by atoms with Gasteiger partial charge in [0.15, 0.2) is 5.96 Å². The highest BCUT2D eigenvalue weighted by Crippen LogP contribution is 2.20. The van der Waals surface area contributed by atoms with Crippen molar-refractivity contribution in [3.05, 3.63) is 41.5 Å². The van der Waals surface area contributed by atoms with Crippen molar-refractivity contribution in [3.8, 4) is 0 Å². The van der Waals surface area contributed by atoms with Crippen LogP contribution in [0.3, 0.4) is 0 Å². The molecule has 6 heteroatoms. The maximum atomic E-state index is 12.2. The Hall–Kier alpha value is -1.57. The highest BCUT2D eigenvalue weighted by Gasteiger charge is 2.27. The number of rotatable bonds is 6. The topological polar surface area (TPSA) is 56.7 Å². The smallest absolute Gasteiger partial charge is 0.227 e. The molecule has 156 valence electrons. The molecule has 1 saturated heterocycles. The lowest BCUT2D eigenvalue weighted by molar-refractivity contribution is -0.128. The molecule has 1 aromatic rings. The van der Waals surface area contributed by atoms with Gasteiger partial charge in [0.1, 0.15) is 0 Å². The minimum atomic E-state index is -0.509. The highest BCUT2D eigenvalue weighted by atomic mass is 127. The van der Waals surface area contributed by atoms with Crippen molar-refractivity contribution in [3.63, 3.8) is 0 Å².